The maximum absolute atomic E-state index is 11.8. The summed E-state index contributed by atoms with van der Waals surface area (Å²) in [6, 6.07) is 0.327. The van der Waals surface area contributed by atoms with Gasteiger partial charge < -0.3 is 11.1 Å². The lowest BCUT2D eigenvalue weighted by molar-refractivity contribution is 0.362. The highest BCUT2D eigenvalue weighted by atomic mass is 32.2. The largest absolute Gasteiger partial charge is 0.383 e. The van der Waals surface area contributed by atoms with Crippen molar-refractivity contribution in [2.75, 3.05) is 17.3 Å². The Balaban J connectivity index is 2.56. The van der Waals surface area contributed by atoms with Gasteiger partial charge in [0.05, 0.1) is 5.54 Å². The van der Waals surface area contributed by atoms with Gasteiger partial charge in [-0.05, 0) is 33.6 Å². The SMILES string of the molecule is CC(C)(C)n1nc(NC2CC2)c(S(C)(=O)=O)c1N. The van der Waals surface area contributed by atoms with E-state index in [1.165, 1.54) is 0 Å². The van der Waals surface area contributed by atoms with E-state index in [4.69, 9.17) is 5.73 Å². The normalized spacial score (nSPS) is 16.9. The summed E-state index contributed by atoms with van der Waals surface area (Å²) in [6.07, 6.45) is 3.25. The second-order valence-corrected chi connectivity index (χ2v) is 7.79. The minimum absolute atomic E-state index is 0.115. The van der Waals surface area contributed by atoms with E-state index < -0.39 is 9.84 Å². The van der Waals surface area contributed by atoms with E-state index in [9.17, 15) is 8.42 Å². The van der Waals surface area contributed by atoms with Crippen molar-refractivity contribution in [3.05, 3.63) is 0 Å². The van der Waals surface area contributed by atoms with Crippen LogP contribution in [-0.2, 0) is 15.4 Å². The number of sulfone groups is 1. The van der Waals surface area contributed by atoms with Gasteiger partial charge >= 0.3 is 0 Å². The lowest BCUT2D eigenvalue weighted by Gasteiger charge is -2.20. The molecule has 18 heavy (non-hydrogen) atoms. The maximum Gasteiger partial charge on any atom is 0.182 e. The molecule has 1 aliphatic carbocycles. The van der Waals surface area contributed by atoms with Gasteiger partial charge in [0.1, 0.15) is 5.82 Å². The number of nitrogens with zero attached hydrogens (tertiary/aromatic N) is 2. The fourth-order valence-electron chi connectivity index (χ4n) is 1.81. The lowest BCUT2D eigenvalue weighted by Crippen LogP contribution is -2.25. The van der Waals surface area contributed by atoms with E-state index in [2.05, 4.69) is 10.4 Å². The average Bonchev–Trinajstić information content (AvgIpc) is 2.86. The minimum atomic E-state index is -3.39. The molecule has 0 saturated heterocycles. The molecule has 7 heteroatoms. The molecule has 3 N–H and O–H groups in total. The van der Waals surface area contributed by atoms with Gasteiger partial charge in [0, 0.05) is 12.3 Å². The van der Waals surface area contributed by atoms with Crippen molar-refractivity contribution >= 4 is 21.5 Å². The monoisotopic (exact) mass is 272 g/mol. The zero-order chi connectivity index (χ0) is 13.7. The van der Waals surface area contributed by atoms with Crippen LogP contribution in [-0.4, -0.2) is 30.5 Å². The fraction of sp³-hybridized carbons (Fsp3) is 0.727. The summed E-state index contributed by atoms with van der Waals surface area (Å²) >= 11 is 0. The molecule has 0 aromatic carbocycles. The van der Waals surface area contributed by atoms with Gasteiger partial charge in [0.2, 0.25) is 0 Å². The molecule has 0 spiro atoms. The molecular weight excluding hydrogens is 252 g/mol. The van der Waals surface area contributed by atoms with Crippen LogP contribution in [0.4, 0.5) is 11.6 Å². The van der Waals surface area contributed by atoms with E-state index in [-0.39, 0.29) is 16.3 Å². The zero-order valence-corrected chi connectivity index (χ0v) is 12.0. The smallest absolute Gasteiger partial charge is 0.182 e. The van der Waals surface area contributed by atoms with Crippen LogP contribution in [0.25, 0.3) is 0 Å². The number of nitrogens with one attached hydrogen (secondary N) is 1. The summed E-state index contributed by atoms with van der Waals surface area (Å²) in [6.45, 7) is 5.80. The van der Waals surface area contributed by atoms with Crippen LogP contribution in [0, 0.1) is 0 Å². The Morgan fingerprint density at radius 3 is 2.33 bits per heavy atom. The summed E-state index contributed by atoms with van der Waals surface area (Å²) in [4.78, 5) is 0.115. The van der Waals surface area contributed by atoms with Crippen LogP contribution in [0.2, 0.25) is 0 Å². The van der Waals surface area contributed by atoms with Gasteiger partial charge in [-0.25, -0.2) is 13.1 Å². The molecule has 2 rings (SSSR count). The van der Waals surface area contributed by atoms with Crippen molar-refractivity contribution in [2.45, 2.75) is 50.1 Å². The second-order valence-electron chi connectivity index (χ2n) is 5.84. The van der Waals surface area contributed by atoms with Crippen molar-refractivity contribution < 1.29 is 8.42 Å². The Kier molecular flexibility index (Phi) is 2.84. The van der Waals surface area contributed by atoms with Crippen LogP contribution < -0.4 is 11.1 Å². The highest BCUT2D eigenvalue weighted by Gasteiger charge is 2.31. The van der Waals surface area contributed by atoms with Gasteiger partial charge in [-0.2, -0.15) is 5.10 Å². The zero-order valence-electron chi connectivity index (χ0n) is 11.2. The predicted molar refractivity (Wildman–Crippen MR) is 71.4 cm³/mol. The summed E-state index contributed by atoms with van der Waals surface area (Å²) in [5.74, 6) is 0.584. The molecule has 0 atom stereocenters. The summed E-state index contributed by atoms with van der Waals surface area (Å²) in [5, 5.41) is 7.46. The fourth-order valence-corrected chi connectivity index (χ4v) is 2.73. The van der Waals surface area contributed by atoms with E-state index >= 15 is 0 Å². The molecule has 1 saturated carbocycles. The van der Waals surface area contributed by atoms with Crippen molar-refractivity contribution in [3.8, 4) is 0 Å². The third kappa shape index (κ3) is 2.45. The molecule has 1 aliphatic rings. The van der Waals surface area contributed by atoms with Gasteiger partial charge in [0.25, 0.3) is 0 Å². The molecule has 0 bridgehead atoms. The highest BCUT2D eigenvalue weighted by Crippen LogP contribution is 2.34. The number of nitrogen functional groups attached to an aromatic ring is 1. The predicted octanol–water partition coefficient (Wildman–Crippen LogP) is 1.20. The lowest BCUT2D eigenvalue weighted by atomic mass is 10.1. The first-order valence-corrected chi connectivity index (χ1v) is 7.85. The van der Waals surface area contributed by atoms with E-state index in [0.717, 1.165) is 19.1 Å². The second kappa shape index (κ2) is 3.88. The Labute approximate surface area is 107 Å². The minimum Gasteiger partial charge on any atom is -0.383 e. The molecule has 6 nitrogen and oxygen atoms in total. The first-order chi connectivity index (χ1) is 8.10. The molecule has 0 radical (unpaired) electrons. The van der Waals surface area contributed by atoms with Crippen LogP contribution in [0.15, 0.2) is 4.90 Å². The van der Waals surface area contributed by atoms with Crippen LogP contribution >= 0.6 is 0 Å². The Bertz CT molecular complexity index is 565. The molecule has 1 heterocycles. The molecule has 1 aromatic heterocycles. The first kappa shape index (κ1) is 13.2. The van der Waals surface area contributed by atoms with Crippen molar-refractivity contribution in [2.24, 2.45) is 0 Å². The summed E-state index contributed by atoms with van der Waals surface area (Å²) in [7, 11) is -3.39. The van der Waals surface area contributed by atoms with Crippen molar-refractivity contribution in [1.82, 2.24) is 9.78 Å². The van der Waals surface area contributed by atoms with Crippen molar-refractivity contribution in [3.63, 3.8) is 0 Å². The van der Waals surface area contributed by atoms with E-state index in [0.29, 0.717) is 11.9 Å². The van der Waals surface area contributed by atoms with Gasteiger partial charge in [-0.3, -0.25) is 0 Å². The van der Waals surface area contributed by atoms with Crippen LogP contribution in [0.3, 0.4) is 0 Å². The number of rotatable bonds is 3. The number of aromatic nitrogens is 2. The number of anilines is 2. The number of hydrogen-bond donors (Lipinski definition) is 2. The third-order valence-corrected chi connectivity index (χ3v) is 3.94. The van der Waals surface area contributed by atoms with E-state index in [1.54, 1.807) is 4.68 Å². The molecule has 0 unspecified atom stereocenters. The highest BCUT2D eigenvalue weighted by molar-refractivity contribution is 7.91. The molecule has 1 aromatic rings. The average molecular weight is 272 g/mol. The topological polar surface area (TPSA) is 90.0 Å². The quantitative estimate of drug-likeness (QED) is 0.863. The van der Waals surface area contributed by atoms with Crippen molar-refractivity contribution in [1.29, 1.82) is 0 Å². The maximum atomic E-state index is 11.8. The standard InChI is InChI=1S/C11H20N4O2S/c1-11(2,3)15-9(12)8(18(4,16)17)10(14-15)13-7-5-6-7/h7H,5-6,12H2,1-4H3,(H,13,14). The Hall–Kier alpha value is -1.24. The van der Waals surface area contributed by atoms with Crippen LogP contribution in [0.1, 0.15) is 33.6 Å². The first-order valence-electron chi connectivity index (χ1n) is 5.96. The molecule has 0 aliphatic heterocycles. The van der Waals surface area contributed by atoms with Gasteiger partial charge in [-0.15, -0.1) is 0 Å². The molecular formula is C11H20N4O2S. The number of hydrogen-bond acceptors (Lipinski definition) is 5. The molecule has 1 fully saturated rings. The Morgan fingerprint density at radius 2 is 1.94 bits per heavy atom. The summed E-state index contributed by atoms with van der Waals surface area (Å²) < 4.78 is 25.3. The van der Waals surface area contributed by atoms with E-state index in [1.807, 2.05) is 20.8 Å². The van der Waals surface area contributed by atoms with Crippen LogP contribution in [0.5, 0.6) is 0 Å². The molecule has 0 amide bonds. The van der Waals surface area contributed by atoms with Gasteiger partial charge in [-0.1, -0.05) is 0 Å². The molecule has 102 valence electrons. The summed E-state index contributed by atoms with van der Waals surface area (Å²) in [5.41, 5.74) is 5.60. The Morgan fingerprint density at radius 1 is 1.39 bits per heavy atom. The van der Waals surface area contributed by atoms with Gasteiger partial charge in [0.15, 0.2) is 20.6 Å². The number of nitrogens with two attached hydrogens (primary N) is 1. The third-order valence-electron chi connectivity index (χ3n) is 2.80.